The van der Waals surface area contributed by atoms with E-state index in [1.165, 1.54) is 0 Å². The molecule has 3 aromatic rings. The van der Waals surface area contributed by atoms with Gasteiger partial charge in [-0.05, 0) is 52.3 Å². The highest BCUT2D eigenvalue weighted by molar-refractivity contribution is 9.10. The molecule has 0 unspecified atom stereocenters. The molecule has 28 heavy (non-hydrogen) atoms. The van der Waals surface area contributed by atoms with Crippen LogP contribution in [-0.4, -0.2) is 17.7 Å². The van der Waals surface area contributed by atoms with Gasteiger partial charge in [0.2, 0.25) is 0 Å². The Morgan fingerprint density at radius 2 is 1.18 bits per heavy atom. The first kappa shape index (κ1) is 19.3. The highest BCUT2D eigenvalue weighted by Crippen LogP contribution is 2.20. The molecule has 0 bridgehead atoms. The number of carbonyl (C=O) groups is 3. The zero-order chi connectivity index (χ0) is 19.9. The van der Waals surface area contributed by atoms with Crippen LogP contribution in [0, 0.1) is 0 Å². The molecular formula is C21H16BrN3O3. The third kappa shape index (κ3) is 4.63. The number of nitrogens with one attached hydrogen (secondary N) is 3. The predicted octanol–water partition coefficient (Wildman–Crippen LogP) is 3.78. The average Bonchev–Trinajstić information content (AvgIpc) is 2.73. The van der Waals surface area contributed by atoms with Crippen LogP contribution in [0.5, 0.6) is 0 Å². The van der Waals surface area contributed by atoms with E-state index in [9.17, 15) is 14.4 Å². The molecule has 3 N–H and O–H groups in total. The molecule has 3 amide bonds. The fraction of sp³-hybridized carbons (Fsp3) is 0. The zero-order valence-corrected chi connectivity index (χ0v) is 16.2. The fourth-order valence-corrected chi connectivity index (χ4v) is 2.93. The largest absolute Gasteiger partial charge is 0.321 e. The van der Waals surface area contributed by atoms with E-state index in [-0.39, 0.29) is 11.5 Å². The molecule has 0 spiro atoms. The van der Waals surface area contributed by atoms with E-state index in [2.05, 4.69) is 32.1 Å². The van der Waals surface area contributed by atoms with Crippen LogP contribution in [0.25, 0.3) is 0 Å². The summed E-state index contributed by atoms with van der Waals surface area (Å²) in [6.45, 7) is 0. The highest BCUT2D eigenvalue weighted by Gasteiger charge is 2.16. The topological polar surface area (TPSA) is 87.3 Å². The molecule has 0 aromatic heterocycles. The second-order valence-corrected chi connectivity index (χ2v) is 6.61. The van der Waals surface area contributed by atoms with E-state index in [4.69, 9.17) is 0 Å². The first-order valence-electron chi connectivity index (χ1n) is 8.37. The lowest BCUT2D eigenvalue weighted by Crippen LogP contribution is -2.41. The smallest absolute Gasteiger partial charge is 0.271 e. The van der Waals surface area contributed by atoms with Gasteiger partial charge in [0.05, 0.1) is 16.8 Å². The van der Waals surface area contributed by atoms with Gasteiger partial charge in [-0.25, -0.2) is 0 Å². The van der Waals surface area contributed by atoms with Gasteiger partial charge in [-0.15, -0.1) is 0 Å². The van der Waals surface area contributed by atoms with Crippen LogP contribution in [0.2, 0.25) is 0 Å². The normalized spacial score (nSPS) is 10.0. The Morgan fingerprint density at radius 3 is 1.89 bits per heavy atom. The standard InChI is InChI=1S/C21H16BrN3O3/c22-17-12-6-4-10-15(17)20(27)23-18-13-7-5-11-16(18)21(28)25-24-19(26)14-8-2-1-3-9-14/h1-13H,(H,23,27)(H,24,26)(H,25,28). The number of hydrogen-bond donors (Lipinski definition) is 3. The number of hydrogen-bond acceptors (Lipinski definition) is 3. The van der Waals surface area contributed by atoms with E-state index in [0.717, 1.165) is 0 Å². The lowest BCUT2D eigenvalue weighted by Gasteiger charge is -2.12. The molecule has 0 heterocycles. The van der Waals surface area contributed by atoms with E-state index in [1.807, 2.05) is 0 Å². The lowest BCUT2D eigenvalue weighted by molar-refractivity contribution is 0.0847. The van der Waals surface area contributed by atoms with Crippen molar-refractivity contribution in [1.29, 1.82) is 0 Å². The molecule has 0 aliphatic heterocycles. The Kier molecular flexibility index (Phi) is 6.18. The Hall–Kier alpha value is -3.45. The van der Waals surface area contributed by atoms with Gasteiger partial charge in [-0.3, -0.25) is 25.2 Å². The maximum absolute atomic E-state index is 12.5. The number of para-hydroxylation sites is 1. The Balaban J connectivity index is 1.71. The van der Waals surface area contributed by atoms with Gasteiger partial charge in [-0.2, -0.15) is 0 Å². The monoisotopic (exact) mass is 437 g/mol. The third-order valence-corrected chi connectivity index (χ3v) is 4.56. The van der Waals surface area contributed by atoms with Crippen LogP contribution in [0.4, 0.5) is 5.69 Å². The van der Waals surface area contributed by atoms with Crippen molar-refractivity contribution in [3.05, 3.63) is 100 Å². The molecule has 7 heteroatoms. The summed E-state index contributed by atoms with van der Waals surface area (Å²) in [6.07, 6.45) is 0. The molecule has 0 radical (unpaired) electrons. The molecular weight excluding hydrogens is 422 g/mol. The van der Waals surface area contributed by atoms with Gasteiger partial charge in [0.25, 0.3) is 17.7 Å². The Labute approximate surface area is 170 Å². The number of hydrazine groups is 1. The summed E-state index contributed by atoms with van der Waals surface area (Å²) < 4.78 is 0.643. The molecule has 0 aliphatic carbocycles. The number of rotatable bonds is 4. The summed E-state index contributed by atoms with van der Waals surface area (Å²) in [6, 6.07) is 22.0. The third-order valence-electron chi connectivity index (χ3n) is 3.86. The summed E-state index contributed by atoms with van der Waals surface area (Å²) in [4.78, 5) is 37.1. The lowest BCUT2D eigenvalue weighted by atomic mass is 10.1. The van der Waals surface area contributed by atoms with Crippen LogP contribution in [0.3, 0.4) is 0 Å². The molecule has 0 atom stereocenters. The quantitative estimate of drug-likeness (QED) is 0.542. The van der Waals surface area contributed by atoms with Crippen molar-refractivity contribution in [2.75, 3.05) is 5.32 Å². The second-order valence-electron chi connectivity index (χ2n) is 5.75. The fourth-order valence-electron chi connectivity index (χ4n) is 2.47. The molecule has 140 valence electrons. The SMILES string of the molecule is O=C(NNC(=O)c1ccccc1NC(=O)c1ccccc1Br)c1ccccc1. The summed E-state index contributed by atoms with van der Waals surface area (Å²) in [5.41, 5.74) is 6.13. The number of amides is 3. The van der Waals surface area contributed by atoms with E-state index >= 15 is 0 Å². The van der Waals surface area contributed by atoms with Crippen molar-refractivity contribution in [1.82, 2.24) is 10.9 Å². The summed E-state index contributed by atoms with van der Waals surface area (Å²) in [5.74, 6) is -1.35. The second kappa shape index (κ2) is 8.96. The van der Waals surface area contributed by atoms with Gasteiger partial charge in [0, 0.05) is 10.0 Å². The van der Waals surface area contributed by atoms with Crippen molar-refractivity contribution in [3.8, 4) is 0 Å². The van der Waals surface area contributed by atoms with Crippen molar-refractivity contribution in [2.45, 2.75) is 0 Å². The predicted molar refractivity (Wildman–Crippen MR) is 110 cm³/mol. The van der Waals surface area contributed by atoms with Crippen LogP contribution in [0.15, 0.2) is 83.3 Å². The maximum Gasteiger partial charge on any atom is 0.271 e. The average molecular weight is 438 g/mol. The minimum atomic E-state index is -0.549. The van der Waals surface area contributed by atoms with E-state index < -0.39 is 11.8 Å². The molecule has 0 fully saturated rings. The zero-order valence-electron chi connectivity index (χ0n) is 14.6. The molecule has 0 aliphatic rings. The Morgan fingerprint density at radius 1 is 0.607 bits per heavy atom. The first-order chi connectivity index (χ1) is 13.6. The molecule has 0 saturated heterocycles. The molecule has 3 aromatic carbocycles. The van der Waals surface area contributed by atoms with Crippen LogP contribution >= 0.6 is 15.9 Å². The van der Waals surface area contributed by atoms with Crippen LogP contribution < -0.4 is 16.2 Å². The minimum Gasteiger partial charge on any atom is -0.321 e. The van der Waals surface area contributed by atoms with Gasteiger partial charge in [0.1, 0.15) is 0 Å². The Bertz CT molecular complexity index is 1020. The van der Waals surface area contributed by atoms with Crippen LogP contribution in [0.1, 0.15) is 31.1 Å². The molecule has 6 nitrogen and oxygen atoms in total. The molecule has 3 rings (SSSR count). The van der Waals surface area contributed by atoms with Crippen molar-refractivity contribution in [2.24, 2.45) is 0 Å². The van der Waals surface area contributed by atoms with E-state index in [0.29, 0.717) is 21.3 Å². The van der Waals surface area contributed by atoms with Crippen molar-refractivity contribution in [3.63, 3.8) is 0 Å². The summed E-state index contributed by atoms with van der Waals surface area (Å²) in [7, 11) is 0. The molecule has 0 saturated carbocycles. The summed E-state index contributed by atoms with van der Waals surface area (Å²) >= 11 is 3.33. The van der Waals surface area contributed by atoms with Gasteiger partial charge in [-0.1, -0.05) is 42.5 Å². The summed E-state index contributed by atoms with van der Waals surface area (Å²) in [5, 5.41) is 2.73. The number of anilines is 1. The van der Waals surface area contributed by atoms with Gasteiger partial charge >= 0.3 is 0 Å². The minimum absolute atomic E-state index is 0.219. The van der Waals surface area contributed by atoms with Crippen molar-refractivity contribution >= 4 is 39.3 Å². The van der Waals surface area contributed by atoms with Crippen LogP contribution in [-0.2, 0) is 0 Å². The first-order valence-corrected chi connectivity index (χ1v) is 9.16. The van der Waals surface area contributed by atoms with Crippen molar-refractivity contribution < 1.29 is 14.4 Å². The highest BCUT2D eigenvalue weighted by atomic mass is 79.9. The number of benzene rings is 3. The van der Waals surface area contributed by atoms with Gasteiger partial charge in [0.15, 0.2) is 0 Å². The van der Waals surface area contributed by atoms with E-state index in [1.54, 1.807) is 78.9 Å². The maximum atomic E-state index is 12.5. The number of halogens is 1. The van der Waals surface area contributed by atoms with Gasteiger partial charge < -0.3 is 5.32 Å². The number of carbonyl (C=O) groups excluding carboxylic acids is 3.